The van der Waals surface area contributed by atoms with Gasteiger partial charge in [-0.3, -0.25) is 9.52 Å². The number of benzene rings is 1. The number of hydrogen-bond donors (Lipinski definition) is 2. The van der Waals surface area contributed by atoms with Gasteiger partial charge in [0.15, 0.2) is 0 Å². The van der Waals surface area contributed by atoms with Crippen LogP contribution in [0.15, 0.2) is 18.2 Å². The lowest BCUT2D eigenvalue weighted by Crippen LogP contribution is -2.10. The quantitative estimate of drug-likeness (QED) is 0.849. The molecule has 1 aliphatic rings. The van der Waals surface area contributed by atoms with E-state index >= 15 is 0 Å². The van der Waals surface area contributed by atoms with Crippen LogP contribution in [-0.2, 0) is 14.8 Å². The molecule has 0 aromatic heterocycles. The maximum absolute atomic E-state index is 11.2. The van der Waals surface area contributed by atoms with E-state index in [4.69, 9.17) is 9.84 Å². The van der Waals surface area contributed by atoms with E-state index in [1.54, 1.807) is 18.2 Å². The van der Waals surface area contributed by atoms with Crippen molar-refractivity contribution < 1.29 is 23.1 Å². The molecule has 2 rings (SSSR count). The molecule has 1 saturated carbocycles. The van der Waals surface area contributed by atoms with Crippen LogP contribution in [0.4, 0.5) is 5.69 Å². The third kappa shape index (κ3) is 3.17. The van der Waals surface area contributed by atoms with Crippen molar-refractivity contribution in [3.05, 3.63) is 23.8 Å². The highest BCUT2D eigenvalue weighted by Crippen LogP contribution is 2.48. The van der Waals surface area contributed by atoms with Crippen molar-refractivity contribution in [1.29, 1.82) is 0 Å². The highest BCUT2D eigenvalue weighted by molar-refractivity contribution is 7.92. The van der Waals surface area contributed by atoms with Crippen molar-refractivity contribution in [2.24, 2.45) is 5.92 Å². The summed E-state index contributed by atoms with van der Waals surface area (Å²) in [5.41, 5.74) is 1.20. The Morgan fingerprint density at radius 3 is 2.63 bits per heavy atom. The number of rotatable bonds is 5. The third-order valence-corrected chi connectivity index (χ3v) is 3.65. The highest BCUT2D eigenvalue weighted by atomic mass is 32.2. The van der Waals surface area contributed by atoms with E-state index in [9.17, 15) is 13.2 Å². The second-order valence-electron chi connectivity index (χ2n) is 4.62. The molecule has 1 fully saturated rings. The number of carboxylic acid groups (broad SMARTS) is 1. The minimum atomic E-state index is -3.38. The average molecular weight is 285 g/mol. The molecule has 6 nitrogen and oxygen atoms in total. The summed E-state index contributed by atoms with van der Waals surface area (Å²) in [7, 11) is -1.94. The maximum Gasteiger partial charge on any atom is 0.307 e. The lowest BCUT2D eigenvalue weighted by Gasteiger charge is -2.11. The number of nitrogens with one attached hydrogen (secondary N) is 1. The largest absolute Gasteiger partial charge is 0.495 e. The van der Waals surface area contributed by atoms with Crippen LogP contribution in [-0.4, -0.2) is 32.9 Å². The molecule has 0 saturated heterocycles. The van der Waals surface area contributed by atoms with E-state index in [0.29, 0.717) is 17.9 Å². The number of anilines is 1. The van der Waals surface area contributed by atoms with Crippen LogP contribution in [0.1, 0.15) is 17.9 Å². The summed E-state index contributed by atoms with van der Waals surface area (Å²) < 4.78 is 29.9. The van der Waals surface area contributed by atoms with Crippen LogP contribution in [0.2, 0.25) is 0 Å². The zero-order chi connectivity index (χ0) is 14.2. The molecule has 7 heteroatoms. The van der Waals surface area contributed by atoms with Crippen LogP contribution in [0.25, 0.3) is 0 Å². The topological polar surface area (TPSA) is 92.7 Å². The zero-order valence-electron chi connectivity index (χ0n) is 10.6. The fraction of sp³-hybridized carbons (Fsp3) is 0.417. The number of methoxy groups -OCH3 is 1. The van der Waals surface area contributed by atoms with Gasteiger partial charge in [0.05, 0.1) is 25.0 Å². The first-order valence-corrected chi connectivity index (χ1v) is 7.59. The first kappa shape index (κ1) is 13.7. The van der Waals surface area contributed by atoms with E-state index in [0.717, 1.165) is 11.8 Å². The molecule has 0 radical (unpaired) electrons. The Balaban J connectivity index is 2.25. The summed E-state index contributed by atoms with van der Waals surface area (Å²) in [5.74, 6) is -0.779. The van der Waals surface area contributed by atoms with E-state index in [-0.39, 0.29) is 11.8 Å². The Morgan fingerprint density at radius 1 is 1.47 bits per heavy atom. The van der Waals surface area contributed by atoms with Gasteiger partial charge in [0.1, 0.15) is 5.75 Å². The van der Waals surface area contributed by atoms with Gasteiger partial charge in [0.25, 0.3) is 0 Å². The first-order valence-electron chi connectivity index (χ1n) is 5.70. The molecule has 0 amide bonds. The monoisotopic (exact) mass is 285 g/mol. The van der Waals surface area contributed by atoms with Crippen molar-refractivity contribution in [3.8, 4) is 5.75 Å². The van der Waals surface area contributed by atoms with Gasteiger partial charge >= 0.3 is 5.97 Å². The standard InChI is InChI=1S/C12H15NO5S/c1-18-11-5-7(8-6-9(8)12(14)15)3-4-10(11)13-19(2,16)17/h3-5,8-9,13H,6H2,1-2H3,(H,14,15)/t8-,9+/m1/s1. The third-order valence-electron chi connectivity index (χ3n) is 3.06. The fourth-order valence-corrected chi connectivity index (χ4v) is 2.63. The Labute approximate surface area is 111 Å². The van der Waals surface area contributed by atoms with Crippen LogP contribution in [0, 0.1) is 5.92 Å². The van der Waals surface area contributed by atoms with E-state index < -0.39 is 16.0 Å². The molecule has 0 bridgehead atoms. The van der Waals surface area contributed by atoms with Crippen molar-refractivity contribution in [3.63, 3.8) is 0 Å². The molecule has 2 N–H and O–H groups in total. The number of carbonyl (C=O) groups is 1. The predicted octanol–water partition coefficient (Wildman–Crippen LogP) is 1.25. The number of aliphatic carboxylic acids is 1. The normalized spacial score (nSPS) is 21.8. The zero-order valence-corrected chi connectivity index (χ0v) is 11.4. The second kappa shape index (κ2) is 4.73. The van der Waals surface area contributed by atoms with Crippen LogP contribution in [0.5, 0.6) is 5.75 Å². The highest BCUT2D eigenvalue weighted by Gasteiger charge is 2.44. The molecule has 104 valence electrons. The molecular weight excluding hydrogens is 270 g/mol. The smallest absolute Gasteiger partial charge is 0.307 e. The van der Waals surface area contributed by atoms with Gasteiger partial charge in [-0.2, -0.15) is 0 Å². The molecule has 1 aromatic rings. The molecule has 2 atom stereocenters. The molecule has 0 spiro atoms. The summed E-state index contributed by atoms with van der Waals surface area (Å²) in [4.78, 5) is 10.8. The summed E-state index contributed by atoms with van der Waals surface area (Å²) in [6.07, 6.45) is 1.67. The molecule has 19 heavy (non-hydrogen) atoms. The molecule has 0 heterocycles. The SMILES string of the molecule is COc1cc([C@H]2C[C@@H]2C(=O)O)ccc1NS(C)(=O)=O. The summed E-state index contributed by atoms with van der Waals surface area (Å²) in [5, 5.41) is 8.90. The average Bonchev–Trinajstić information content (AvgIpc) is 3.07. The van der Waals surface area contributed by atoms with Crippen LogP contribution >= 0.6 is 0 Å². The Morgan fingerprint density at radius 2 is 2.16 bits per heavy atom. The minimum absolute atomic E-state index is 0.0151. The van der Waals surface area contributed by atoms with Crippen LogP contribution in [0.3, 0.4) is 0 Å². The van der Waals surface area contributed by atoms with Gasteiger partial charge in [-0.05, 0) is 30.0 Å². The Bertz CT molecular complexity index is 611. The second-order valence-corrected chi connectivity index (χ2v) is 6.37. The number of hydrogen-bond acceptors (Lipinski definition) is 4. The van der Waals surface area contributed by atoms with Crippen molar-refractivity contribution in [1.82, 2.24) is 0 Å². The Hall–Kier alpha value is -1.76. The van der Waals surface area contributed by atoms with Crippen molar-refractivity contribution >= 4 is 21.7 Å². The summed E-state index contributed by atoms with van der Waals surface area (Å²) in [6.45, 7) is 0. The lowest BCUT2D eigenvalue weighted by molar-refractivity contribution is -0.138. The van der Waals surface area contributed by atoms with E-state index in [2.05, 4.69) is 4.72 Å². The lowest BCUT2D eigenvalue weighted by atomic mass is 10.1. The van der Waals surface area contributed by atoms with Crippen molar-refractivity contribution in [2.45, 2.75) is 12.3 Å². The van der Waals surface area contributed by atoms with Gasteiger partial charge in [0.2, 0.25) is 10.0 Å². The van der Waals surface area contributed by atoms with E-state index in [1.807, 2.05) is 0 Å². The van der Waals surface area contributed by atoms with Gasteiger partial charge in [-0.25, -0.2) is 8.42 Å². The first-order chi connectivity index (χ1) is 8.81. The predicted molar refractivity (Wildman–Crippen MR) is 69.9 cm³/mol. The molecule has 0 aliphatic heterocycles. The van der Waals surface area contributed by atoms with Gasteiger partial charge in [-0.15, -0.1) is 0 Å². The summed E-state index contributed by atoms with van der Waals surface area (Å²) >= 11 is 0. The van der Waals surface area contributed by atoms with Gasteiger partial charge in [-0.1, -0.05) is 6.07 Å². The maximum atomic E-state index is 11.2. The number of ether oxygens (including phenoxy) is 1. The van der Waals surface area contributed by atoms with Crippen LogP contribution < -0.4 is 9.46 Å². The van der Waals surface area contributed by atoms with Gasteiger partial charge in [0, 0.05) is 0 Å². The molecule has 0 unspecified atom stereocenters. The minimum Gasteiger partial charge on any atom is -0.495 e. The number of carboxylic acids is 1. The van der Waals surface area contributed by atoms with Crippen molar-refractivity contribution in [2.75, 3.05) is 18.1 Å². The Kier molecular flexibility index (Phi) is 3.40. The molecule has 1 aromatic carbocycles. The molecule has 1 aliphatic carbocycles. The number of sulfonamides is 1. The molecular formula is C12H15NO5S. The summed E-state index contributed by atoms with van der Waals surface area (Å²) in [6, 6.07) is 5.00. The fourth-order valence-electron chi connectivity index (χ4n) is 2.06. The van der Waals surface area contributed by atoms with Gasteiger partial charge < -0.3 is 9.84 Å². The van der Waals surface area contributed by atoms with E-state index in [1.165, 1.54) is 7.11 Å².